The molecule has 0 nitrogen and oxygen atoms in total. The topological polar surface area (TPSA) is 0 Å². The highest BCUT2D eigenvalue weighted by molar-refractivity contribution is 8.93. The molecule has 0 aliphatic heterocycles. The highest BCUT2D eigenvalue weighted by atomic mass is 79.9. The van der Waals surface area contributed by atoms with Crippen molar-refractivity contribution in [2.75, 3.05) is 0 Å². The van der Waals surface area contributed by atoms with Gasteiger partial charge in [0.15, 0.2) is 0 Å². The maximum Gasteiger partial charge on any atom is -0.0267 e. The smallest absolute Gasteiger partial charge is 0.0267 e. The average molecular weight is 259 g/mol. The summed E-state index contributed by atoms with van der Waals surface area (Å²) in [4.78, 5) is 0. The minimum atomic E-state index is 0. The standard InChI is InChI=1S/C13H22.BrH/c1-12(2)11-5-9-4-10(6-11)8-13(12,3)7-9;/h9-11H,4-8H2,1-3H3;1H. The minimum absolute atomic E-state index is 0. The molecule has 4 bridgehead atoms. The summed E-state index contributed by atoms with van der Waals surface area (Å²) in [6.07, 6.45) is 7.75. The van der Waals surface area contributed by atoms with Gasteiger partial charge in [-0.1, -0.05) is 20.8 Å². The van der Waals surface area contributed by atoms with E-state index in [1.54, 1.807) is 19.3 Å². The van der Waals surface area contributed by atoms with E-state index in [9.17, 15) is 0 Å². The Balaban J connectivity index is 0.000000750. The molecule has 0 amide bonds. The van der Waals surface area contributed by atoms with Crippen LogP contribution in [0.15, 0.2) is 0 Å². The first-order valence-electron chi connectivity index (χ1n) is 6.01. The van der Waals surface area contributed by atoms with E-state index in [0.29, 0.717) is 10.8 Å². The Morgan fingerprint density at radius 3 is 1.79 bits per heavy atom. The van der Waals surface area contributed by atoms with Gasteiger partial charge in [-0.3, -0.25) is 0 Å². The maximum absolute atomic E-state index is 2.57. The summed E-state index contributed by atoms with van der Waals surface area (Å²) < 4.78 is 0. The Hall–Kier alpha value is 0.480. The first kappa shape index (κ1) is 11.0. The van der Waals surface area contributed by atoms with E-state index in [1.807, 2.05) is 0 Å². The fourth-order valence-electron chi connectivity index (χ4n) is 4.86. The number of hydrogen-bond donors (Lipinski definition) is 0. The van der Waals surface area contributed by atoms with Crippen LogP contribution in [-0.2, 0) is 0 Å². The van der Waals surface area contributed by atoms with Crippen LogP contribution in [0.3, 0.4) is 0 Å². The van der Waals surface area contributed by atoms with Crippen molar-refractivity contribution in [1.29, 1.82) is 0 Å². The molecule has 0 heterocycles. The summed E-state index contributed by atoms with van der Waals surface area (Å²) >= 11 is 0. The Labute approximate surface area is 98.6 Å². The SMILES string of the molecule is Br.CC12CC3CC(CC(C3)C1(C)C)C2. The molecule has 82 valence electrons. The molecule has 0 spiro atoms. The van der Waals surface area contributed by atoms with Crippen molar-refractivity contribution in [3.8, 4) is 0 Å². The molecule has 0 radical (unpaired) electrons. The zero-order valence-corrected chi connectivity index (χ0v) is 11.4. The fourth-order valence-corrected chi connectivity index (χ4v) is 4.86. The molecule has 2 atom stereocenters. The van der Waals surface area contributed by atoms with Gasteiger partial charge >= 0.3 is 0 Å². The van der Waals surface area contributed by atoms with Crippen LogP contribution >= 0.6 is 17.0 Å². The van der Waals surface area contributed by atoms with Gasteiger partial charge in [-0.15, -0.1) is 17.0 Å². The van der Waals surface area contributed by atoms with Crippen molar-refractivity contribution in [2.45, 2.75) is 52.9 Å². The zero-order valence-electron chi connectivity index (χ0n) is 9.68. The summed E-state index contributed by atoms with van der Waals surface area (Å²) in [7, 11) is 0. The monoisotopic (exact) mass is 258 g/mol. The average Bonchev–Trinajstić information content (AvgIpc) is 1.99. The van der Waals surface area contributed by atoms with Gasteiger partial charge in [0, 0.05) is 0 Å². The van der Waals surface area contributed by atoms with Crippen molar-refractivity contribution in [1.82, 2.24) is 0 Å². The van der Waals surface area contributed by atoms with Crippen LogP contribution < -0.4 is 0 Å². The highest BCUT2D eigenvalue weighted by Gasteiger charge is 2.58. The Kier molecular flexibility index (Phi) is 2.35. The Morgan fingerprint density at radius 2 is 1.36 bits per heavy atom. The summed E-state index contributed by atoms with van der Waals surface area (Å²) in [5, 5.41) is 0. The molecule has 2 unspecified atom stereocenters. The van der Waals surface area contributed by atoms with Gasteiger partial charge < -0.3 is 0 Å². The Bertz CT molecular complexity index is 230. The van der Waals surface area contributed by atoms with E-state index < -0.39 is 0 Å². The summed E-state index contributed by atoms with van der Waals surface area (Å²) in [5.41, 5.74) is 1.34. The third-order valence-electron chi connectivity index (χ3n) is 5.96. The molecule has 0 aromatic rings. The van der Waals surface area contributed by atoms with Crippen LogP contribution in [0.25, 0.3) is 0 Å². The largest absolute Gasteiger partial charge is 0.114 e. The van der Waals surface area contributed by atoms with Crippen molar-refractivity contribution >= 4 is 17.0 Å². The minimum Gasteiger partial charge on any atom is -0.114 e. The molecule has 1 heteroatoms. The van der Waals surface area contributed by atoms with Crippen LogP contribution in [0.5, 0.6) is 0 Å². The van der Waals surface area contributed by atoms with Gasteiger partial charge in [-0.25, -0.2) is 0 Å². The maximum atomic E-state index is 2.57. The molecular formula is C13H23Br. The second-order valence-corrected chi connectivity index (χ2v) is 6.83. The molecule has 4 fully saturated rings. The van der Waals surface area contributed by atoms with E-state index in [4.69, 9.17) is 0 Å². The molecule has 4 saturated carbocycles. The first-order valence-corrected chi connectivity index (χ1v) is 6.01. The van der Waals surface area contributed by atoms with E-state index in [1.165, 1.54) is 12.8 Å². The molecule has 4 aliphatic carbocycles. The van der Waals surface area contributed by atoms with Crippen molar-refractivity contribution in [3.63, 3.8) is 0 Å². The normalized spacial score (nSPS) is 52.9. The lowest BCUT2D eigenvalue weighted by Crippen LogP contribution is -2.56. The van der Waals surface area contributed by atoms with Gasteiger partial charge in [0.05, 0.1) is 0 Å². The molecule has 0 aromatic heterocycles. The molecule has 14 heavy (non-hydrogen) atoms. The quantitative estimate of drug-likeness (QED) is 0.603. The molecule has 0 N–H and O–H groups in total. The lowest BCUT2D eigenvalue weighted by Gasteiger charge is -2.65. The zero-order chi connectivity index (χ0) is 9.27. The van der Waals surface area contributed by atoms with E-state index in [0.717, 1.165) is 17.8 Å². The van der Waals surface area contributed by atoms with E-state index in [-0.39, 0.29) is 17.0 Å². The first-order chi connectivity index (χ1) is 6.01. The highest BCUT2D eigenvalue weighted by Crippen LogP contribution is 2.67. The van der Waals surface area contributed by atoms with Crippen LogP contribution in [0, 0.1) is 28.6 Å². The lowest BCUT2D eigenvalue weighted by molar-refractivity contribution is -0.149. The molecule has 4 aliphatic rings. The van der Waals surface area contributed by atoms with Crippen molar-refractivity contribution in [2.24, 2.45) is 28.6 Å². The van der Waals surface area contributed by atoms with Crippen molar-refractivity contribution in [3.05, 3.63) is 0 Å². The Morgan fingerprint density at radius 1 is 0.857 bits per heavy atom. The molecule has 4 rings (SSSR count). The molecule has 0 saturated heterocycles. The van der Waals surface area contributed by atoms with Crippen molar-refractivity contribution < 1.29 is 0 Å². The van der Waals surface area contributed by atoms with E-state index >= 15 is 0 Å². The number of halogens is 1. The van der Waals surface area contributed by atoms with Crippen LogP contribution in [-0.4, -0.2) is 0 Å². The summed E-state index contributed by atoms with van der Waals surface area (Å²) in [6.45, 7) is 7.64. The molecular weight excluding hydrogens is 236 g/mol. The number of rotatable bonds is 0. The van der Waals surface area contributed by atoms with Gasteiger partial charge in [0.1, 0.15) is 0 Å². The number of hydrogen-bond acceptors (Lipinski definition) is 0. The van der Waals surface area contributed by atoms with Gasteiger partial charge in [0.25, 0.3) is 0 Å². The second kappa shape index (κ2) is 2.99. The lowest BCUT2D eigenvalue weighted by atomic mass is 9.40. The van der Waals surface area contributed by atoms with Crippen LogP contribution in [0.4, 0.5) is 0 Å². The predicted octanol–water partition coefficient (Wildman–Crippen LogP) is 4.44. The van der Waals surface area contributed by atoms with Gasteiger partial charge in [-0.05, 0) is 60.7 Å². The third-order valence-corrected chi connectivity index (χ3v) is 5.96. The van der Waals surface area contributed by atoms with Gasteiger partial charge in [-0.2, -0.15) is 0 Å². The van der Waals surface area contributed by atoms with Gasteiger partial charge in [0.2, 0.25) is 0 Å². The van der Waals surface area contributed by atoms with E-state index in [2.05, 4.69) is 20.8 Å². The predicted molar refractivity (Wildman–Crippen MR) is 65.8 cm³/mol. The molecule has 0 aromatic carbocycles. The van der Waals surface area contributed by atoms with Crippen LogP contribution in [0.2, 0.25) is 0 Å². The third kappa shape index (κ3) is 1.17. The summed E-state index contributed by atoms with van der Waals surface area (Å²) in [6, 6.07) is 0. The second-order valence-electron chi connectivity index (χ2n) is 6.83. The van der Waals surface area contributed by atoms with Crippen LogP contribution in [0.1, 0.15) is 52.9 Å². The summed E-state index contributed by atoms with van der Waals surface area (Å²) in [5.74, 6) is 3.27. The fraction of sp³-hybridized carbons (Fsp3) is 1.00.